The van der Waals surface area contributed by atoms with Gasteiger partial charge < -0.3 is 9.88 Å². The Hall–Kier alpha value is -2.69. The highest BCUT2D eigenvalue weighted by atomic mass is 16.2. The third-order valence-corrected chi connectivity index (χ3v) is 3.95. The molecule has 3 heterocycles. The summed E-state index contributed by atoms with van der Waals surface area (Å²) >= 11 is 0. The number of carbonyl (C=O) groups is 1. The van der Waals surface area contributed by atoms with Crippen molar-refractivity contribution in [2.24, 2.45) is 0 Å². The number of H-pyrrole nitrogens is 1. The van der Waals surface area contributed by atoms with Gasteiger partial charge in [0, 0.05) is 35.5 Å². The zero-order valence-electron chi connectivity index (χ0n) is 11.4. The number of carbonyl (C=O) groups excluding carboxylic acids is 1. The van der Waals surface area contributed by atoms with Gasteiger partial charge in [0.2, 0.25) is 0 Å². The fourth-order valence-electron chi connectivity index (χ4n) is 2.94. The Morgan fingerprint density at radius 3 is 3.00 bits per heavy atom. The number of hydrogen-bond donors (Lipinski definition) is 1. The number of nitrogens with zero attached hydrogens (tertiary/aromatic N) is 3. The maximum Gasteiger partial charge on any atom is 0.274 e. The van der Waals surface area contributed by atoms with Crippen LogP contribution in [-0.2, 0) is 13.0 Å². The zero-order chi connectivity index (χ0) is 14.2. The van der Waals surface area contributed by atoms with Crippen LogP contribution >= 0.6 is 0 Å². The van der Waals surface area contributed by atoms with Crippen LogP contribution in [0.5, 0.6) is 0 Å². The molecule has 5 nitrogen and oxygen atoms in total. The molecule has 104 valence electrons. The van der Waals surface area contributed by atoms with Crippen LogP contribution in [0.15, 0.2) is 42.9 Å². The van der Waals surface area contributed by atoms with Gasteiger partial charge >= 0.3 is 0 Å². The maximum absolute atomic E-state index is 12.4. The van der Waals surface area contributed by atoms with Crippen molar-refractivity contribution in [3.05, 3.63) is 59.8 Å². The first-order chi connectivity index (χ1) is 10.3. The van der Waals surface area contributed by atoms with Crippen LogP contribution in [0.3, 0.4) is 0 Å². The minimum atomic E-state index is -0.0626. The molecule has 0 unspecified atom stereocenters. The number of aromatic nitrogens is 3. The molecule has 1 aliphatic heterocycles. The highest BCUT2D eigenvalue weighted by molar-refractivity contribution is 5.92. The molecule has 0 bridgehead atoms. The van der Waals surface area contributed by atoms with E-state index in [1.807, 2.05) is 17.0 Å². The van der Waals surface area contributed by atoms with Crippen molar-refractivity contribution in [2.75, 3.05) is 6.54 Å². The summed E-state index contributed by atoms with van der Waals surface area (Å²) in [7, 11) is 0. The molecule has 0 radical (unpaired) electrons. The average Bonchev–Trinajstić information content (AvgIpc) is 2.92. The highest BCUT2D eigenvalue weighted by Gasteiger charge is 2.25. The molecule has 1 N–H and O–H groups in total. The molecule has 1 aromatic carbocycles. The van der Waals surface area contributed by atoms with Crippen LogP contribution in [0.2, 0.25) is 0 Å². The fourth-order valence-corrected chi connectivity index (χ4v) is 2.94. The highest BCUT2D eigenvalue weighted by Crippen LogP contribution is 2.27. The van der Waals surface area contributed by atoms with Crippen molar-refractivity contribution in [3.63, 3.8) is 0 Å². The molecule has 3 aromatic rings. The molecule has 0 saturated heterocycles. The zero-order valence-corrected chi connectivity index (χ0v) is 11.4. The van der Waals surface area contributed by atoms with E-state index >= 15 is 0 Å². The molecule has 1 amide bonds. The van der Waals surface area contributed by atoms with Crippen molar-refractivity contribution < 1.29 is 4.79 Å². The predicted molar refractivity (Wildman–Crippen MR) is 78.8 cm³/mol. The molecular formula is C16H14N4O. The van der Waals surface area contributed by atoms with Gasteiger partial charge in [-0.05, 0) is 18.1 Å². The summed E-state index contributed by atoms with van der Waals surface area (Å²) in [5, 5.41) is 1.26. The lowest BCUT2D eigenvalue weighted by atomic mass is 10.0. The van der Waals surface area contributed by atoms with Gasteiger partial charge in [0.1, 0.15) is 5.69 Å². The first-order valence-electron chi connectivity index (χ1n) is 6.96. The monoisotopic (exact) mass is 278 g/mol. The second-order valence-corrected chi connectivity index (χ2v) is 5.20. The molecule has 4 rings (SSSR count). The normalized spacial score (nSPS) is 14.2. The van der Waals surface area contributed by atoms with Crippen molar-refractivity contribution in [2.45, 2.75) is 13.0 Å². The summed E-state index contributed by atoms with van der Waals surface area (Å²) in [5.41, 5.74) is 3.99. The van der Waals surface area contributed by atoms with Crippen LogP contribution in [0.25, 0.3) is 10.9 Å². The summed E-state index contributed by atoms with van der Waals surface area (Å²) in [6, 6.07) is 8.27. The number of nitrogens with one attached hydrogen (secondary N) is 1. The van der Waals surface area contributed by atoms with E-state index < -0.39 is 0 Å². The SMILES string of the molecule is O=C(c1cnccn1)N1CCc2c([nH]c3ccccc23)C1. The number of para-hydroxylation sites is 1. The van der Waals surface area contributed by atoms with Gasteiger partial charge in [-0.25, -0.2) is 4.98 Å². The van der Waals surface area contributed by atoms with Crippen LogP contribution < -0.4 is 0 Å². The van der Waals surface area contributed by atoms with E-state index in [0.717, 1.165) is 17.6 Å². The minimum Gasteiger partial charge on any atom is -0.357 e. The Bertz CT molecular complexity index is 810. The first kappa shape index (κ1) is 12.1. The van der Waals surface area contributed by atoms with E-state index in [2.05, 4.69) is 27.1 Å². The van der Waals surface area contributed by atoms with Crippen molar-refractivity contribution in [1.82, 2.24) is 19.9 Å². The topological polar surface area (TPSA) is 61.9 Å². The fraction of sp³-hybridized carbons (Fsp3) is 0.188. The molecule has 0 aliphatic carbocycles. The second kappa shape index (κ2) is 4.70. The second-order valence-electron chi connectivity index (χ2n) is 5.20. The Kier molecular flexibility index (Phi) is 2.70. The van der Waals surface area contributed by atoms with Gasteiger partial charge in [-0.1, -0.05) is 18.2 Å². The molecule has 1 aliphatic rings. The number of benzene rings is 1. The molecule has 5 heteroatoms. The van der Waals surface area contributed by atoms with Gasteiger partial charge in [-0.2, -0.15) is 0 Å². The summed E-state index contributed by atoms with van der Waals surface area (Å²) in [5.74, 6) is -0.0626. The molecule has 21 heavy (non-hydrogen) atoms. The number of rotatable bonds is 1. The van der Waals surface area contributed by atoms with E-state index in [-0.39, 0.29) is 5.91 Å². The Morgan fingerprint density at radius 2 is 2.14 bits per heavy atom. The molecule has 0 saturated carbocycles. The number of hydrogen-bond acceptors (Lipinski definition) is 3. The largest absolute Gasteiger partial charge is 0.357 e. The molecule has 2 aromatic heterocycles. The van der Waals surface area contributed by atoms with Crippen LogP contribution in [-0.4, -0.2) is 32.3 Å². The lowest BCUT2D eigenvalue weighted by Gasteiger charge is -2.26. The van der Waals surface area contributed by atoms with Crippen LogP contribution in [0.4, 0.5) is 0 Å². The lowest BCUT2D eigenvalue weighted by Crippen LogP contribution is -2.36. The van der Waals surface area contributed by atoms with Crippen LogP contribution in [0.1, 0.15) is 21.7 Å². The maximum atomic E-state index is 12.4. The third kappa shape index (κ3) is 1.98. The molecule has 0 fully saturated rings. The quantitative estimate of drug-likeness (QED) is 0.742. The Morgan fingerprint density at radius 1 is 1.24 bits per heavy atom. The van der Waals surface area contributed by atoms with Gasteiger partial charge in [-0.3, -0.25) is 9.78 Å². The van der Waals surface area contributed by atoms with E-state index in [4.69, 9.17) is 0 Å². The summed E-state index contributed by atoms with van der Waals surface area (Å²) in [6.45, 7) is 1.31. The lowest BCUT2D eigenvalue weighted by molar-refractivity contribution is 0.0726. The third-order valence-electron chi connectivity index (χ3n) is 3.95. The van der Waals surface area contributed by atoms with E-state index in [1.54, 1.807) is 12.4 Å². The Labute approximate surface area is 121 Å². The summed E-state index contributed by atoms with van der Waals surface area (Å²) in [4.78, 5) is 25.7. The minimum absolute atomic E-state index is 0.0626. The van der Waals surface area contributed by atoms with E-state index in [9.17, 15) is 4.79 Å². The number of fused-ring (bicyclic) bond motifs is 3. The standard InChI is InChI=1S/C16H14N4O/c21-16(14-9-17-6-7-18-14)20-8-5-12-11-3-1-2-4-13(11)19-15(12)10-20/h1-4,6-7,9,19H,5,8,10H2. The average molecular weight is 278 g/mol. The summed E-state index contributed by atoms with van der Waals surface area (Å²) < 4.78 is 0. The van der Waals surface area contributed by atoms with Gasteiger partial charge in [0.25, 0.3) is 5.91 Å². The molecule has 0 atom stereocenters. The molecule has 0 spiro atoms. The van der Waals surface area contributed by atoms with Gasteiger partial charge in [0.15, 0.2) is 0 Å². The Balaban J connectivity index is 1.66. The van der Waals surface area contributed by atoms with Crippen LogP contribution in [0, 0.1) is 0 Å². The smallest absolute Gasteiger partial charge is 0.274 e. The van der Waals surface area contributed by atoms with Crippen molar-refractivity contribution in [1.29, 1.82) is 0 Å². The van der Waals surface area contributed by atoms with Crippen molar-refractivity contribution in [3.8, 4) is 0 Å². The van der Waals surface area contributed by atoms with Crippen molar-refractivity contribution >= 4 is 16.8 Å². The first-order valence-corrected chi connectivity index (χ1v) is 6.96. The number of aromatic amines is 1. The predicted octanol–water partition coefficient (Wildman–Crippen LogP) is 2.16. The summed E-state index contributed by atoms with van der Waals surface area (Å²) in [6.07, 6.45) is 5.50. The van der Waals surface area contributed by atoms with Gasteiger partial charge in [-0.15, -0.1) is 0 Å². The van der Waals surface area contributed by atoms with Gasteiger partial charge in [0.05, 0.1) is 12.7 Å². The van der Waals surface area contributed by atoms with E-state index in [0.29, 0.717) is 18.8 Å². The van der Waals surface area contributed by atoms with E-state index in [1.165, 1.54) is 17.1 Å². The molecular weight excluding hydrogens is 264 g/mol. The number of amides is 1.